The number of halogens is 1. The molecule has 0 saturated carbocycles. The molecule has 2 aliphatic heterocycles. The number of ether oxygens (including phenoxy) is 1. The van der Waals surface area contributed by atoms with Crippen LogP contribution in [0.2, 0.25) is 0 Å². The summed E-state index contributed by atoms with van der Waals surface area (Å²) < 4.78 is 18.8. The Kier molecular flexibility index (Phi) is 4.22. The van der Waals surface area contributed by atoms with Crippen LogP contribution < -0.4 is 5.32 Å². The molecule has 5 heteroatoms. The third-order valence-corrected chi connectivity index (χ3v) is 4.59. The maximum absolute atomic E-state index is 13.3. The highest BCUT2D eigenvalue weighted by Crippen LogP contribution is 2.34. The van der Waals surface area contributed by atoms with Gasteiger partial charge in [0, 0.05) is 26.7 Å². The number of amides is 1. The van der Waals surface area contributed by atoms with Gasteiger partial charge >= 0.3 is 0 Å². The van der Waals surface area contributed by atoms with Gasteiger partial charge in [0.2, 0.25) is 5.91 Å². The standard InChI is InChI=1S/C16H21FN2O2/c1-18-16(20)15-10-21-9-12-7-19(8-14(12)15)6-11-3-2-4-13(17)5-11/h2-5,12,14-15H,6-10H2,1H3,(H,18,20)/t12-,14-,15-/m1/s1. The smallest absolute Gasteiger partial charge is 0.225 e. The number of hydrogen-bond acceptors (Lipinski definition) is 3. The van der Waals surface area contributed by atoms with E-state index < -0.39 is 0 Å². The van der Waals surface area contributed by atoms with Crippen LogP contribution in [0.25, 0.3) is 0 Å². The zero-order valence-corrected chi connectivity index (χ0v) is 12.2. The first-order valence-corrected chi connectivity index (χ1v) is 7.43. The van der Waals surface area contributed by atoms with Crippen LogP contribution in [0.5, 0.6) is 0 Å². The largest absolute Gasteiger partial charge is 0.380 e. The molecule has 0 radical (unpaired) electrons. The minimum Gasteiger partial charge on any atom is -0.380 e. The average Bonchev–Trinajstić information content (AvgIpc) is 2.88. The topological polar surface area (TPSA) is 41.6 Å². The van der Waals surface area contributed by atoms with Crippen LogP contribution in [-0.4, -0.2) is 44.2 Å². The minimum absolute atomic E-state index is 0.0636. The Bertz CT molecular complexity index is 523. The van der Waals surface area contributed by atoms with Crippen molar-refractivity contribution in [2.75, 3.05) is 33.4 Å². The molecule has 2 aliphatic rings. The third-order valence-electron chi connectivity index (χ3n) is 4.59. The van der Waals surface area contributed by atoms with Crippen molar-refractivity contribution in [3.05, 3.63) is 35.6 Å². The Morgan fingerprint density at radius 3 is 3.05 bits per heavy atom. The van der Waals surface area contributed by atoms with Gasteiger partial charge in [0.15, 0.2) is 0 Å². The van der Waals surface area contributed by atoms with Crippen LogP contribution in [0.4, 0.5) is 4.39 Å². The molecule has 0 unspecified atom stereocenters. The average molecular weight is 292 g/mol. The Hall–Kier alpha value is -1.46. The molecule has 0 aromatic heterocycles. The number of rotatable bonds is 3. The van der Waals surface area contributed by atoms with Gasteiger partial charge in [0.1, 0.15) is 5.82 Å². The van der Waals surface area contributed by atoms with E-state index in [1.54, 1.807) is 19.2 Å². The van der Waals surface area contributed by atoms with Gasteiger partial charge in [-0.1, -0.05) is 12.1 Å². The second kappa shape index (κ2) is 6.12. The maximum atomic E-state index is 13.3. The van der Waals surface area contributed by atoms with Gasteiger partial charge in [-0.25, -0.2) is 4.39 Å². The molecule has 1 aromatic rings. The summed E-state index contributed by atoms with van der Waals surface area (Å²) in [6.45, 7) is 3.75. The Morgan fingerprint density at radius 1 is 1.43 bits per heavy atom. The van der Waals surface area contributed by atoms with E-state index in [2.05, 4.69) is 10.2 Å². The lowest BCUT2D eigenvalue weighted by Crippen LogP contribution is -2.43. The Morgan fingerprint density at radius 2 is 2.29 bits per heavy atom. The van der Waals surface area contributed by atoms with Gasteiger partial charge in [-0.15, -0.1) is 0 Å². The fourth-order valence-electron chi connectivity index (χ4n) is 3.57. The minimum atomic E-state index is -0.198. The first kappa shape index (κ1) is 14.5. The van der Waals surface area contributed by atoms with Crippen molar-refractivity contribution in [1.82, 2.24) is 10.2 Å². The second-order valence-corrected chi connectivity index (χ2v) is 6.01. The SMILES string of the molecule is CNC(=O)[C@@H]1COC[C@H]2CN(Cc3cccc(F)c3)C[C@H]21. The highest BCUT2D eigenvalue weighted by molar-refractivity contribution is 5.79. The molecule has 1 N–H and O–H groups in total. The van der Waals surface area contributed by atoms with Gasteiger partial charge in [0.05, 0.1) is 19.1 Å². The van der Waals surface area contributed by atoms with Crippen molar-refractivity contribution in [2.45, 2.75) is 6.54 Å². The van der Waals surface area contributed by atoms with Crippen LogP contribution >= 0.6 is 0 Å². The molecule has 21 heavy (non-hydrogen) atoms. The molecule has 1 amide bonds. The number of carbonyl (C=O) groups excluding carboxylic acids is 1. The highest BCUT2D eigenvalue weighted by Gasteiger charge is 2.43. The fourth-order valence-corrected chi connectivity index (χ4v) is 3.57. The Labute approximate surface area is 124 Å². The summed E-state index contributed by atoms with van der Waals surface area (Å²) in [7, 11) is 1.67. The molecular weight excluding hydrogens is 271 g/mol. The zero-order chi connectivity index (χ0) is 14.8. The quantitative estimate of drug-likeness (QED) is 0.912. The first-order valence-electron chi connectivity index (χ1n) is 7.43. The summed E-state index contributed by atoms with van der Waals surface area (Å²) in [5.74, 6) is 0.543. The number of nitrogens with one attached hydrogen (secondary N) is 1. The van der Waals surface area contributed by atoms with Crippen LogP contribution in [0.1, 0.15) is 5.56 Å². The molecule has 0 aliphatic carbocycles. The number of hydrogen-bond donors (Lipinski definition) is 1. The molecule has 1 aromatic carbocycles. The zero-order valence-electron chi connectivity index (χ0n) is 12.2. The van der Waals surface area contributed by atoms with E-state index >= 15 is 0 Å². The van der Waals surface area contributed by atoms with E-state index in [1.807, 2.05) is 6.07 Å². The molecular formula is C16H21FN2O2. The summed E-state index contributed by atoms with van der Waals surface area (Å²) in [5, 5.41) is 2.73. The van der Waals surface area contributed by atoms with E-state index in [9.17, 15) is 9.18 Å². The van der Waals surface area contributed by atoms with E-state index in [-0.39, 0.29) is 17.6 Å². The predicted octanol–water partition coefficient (Wildman–Crippen LogP) is 1.27. The van der Waals surface area contributed by atoms with Gasteiger partial charge in [-0.05, 0) is 29.5 Å². The monoisotopic (exact) mass is 292 g/mol. The fraction of sp³-hybridized carbons (Fsp3) is 0.562. The highest BCUT2D eigenvalue weighted by atomic mass is 19.1. The van der Waals surface area contributed by atoms with Crippen LogP contribution in [0, 0.1) is 23.6 Å². The lowest BCUT2D eigenvalue weighted by molar-refractivity contribution is -0.133. The van der Waals surface area contributed by atoms with Crippen LogP contribution in [0.15, 0.2) is 24.3 Å². The van der Waals surface area contributed by atoms with E-state index in [4.69, 9.17) is 4.74 Å². The van der Waals surface area contributed by atoms with Gasteiger partial charge in [0.25, 0.3) is 0 Å². The molecule has 0 spiro atoms. The van der Waals surface area contributed by atoms with Gasteiger partial charge < -0.3 is 10.1 Å². The molecule has 114 valence electrons. The van der Waals surface area contributed by atoms with E-state index in [0.29, 0.717) is 18.4 Å². The van der Waals surface area contributed by atoms with E-state index in [1.165, 1.54) is 6.07 Å². The first-order chi connectivity index (χ1) is 10.2. The molecule has 2 saturated heterocycles. The van der Waals surface area contributed by atoms with E-state index in [0.717, 1.165) is 31.8 Å². The molecule has 0 bridgehead atoms. The third kappa shape index (κ3) is 3.09. The predicted molar refractivity (Wildman–Crippen MR) is 77.0 cm³/mol. The van der Waals surface area contributed by atoms with Crippen molar-refractivity contribution in [1.29, 1.82) is 0 Å². The number of nitrogens with zero attached hydrogens (tertiary/aromatic N) is 1. The molecule has 2 heterocycles. The lowest BCUT2D eigenvalue weighted by Gasteiger charge is -2.31. The Balaban J connectivity index is 1.67. The van der Waals surface area contributed by atoms with Crippen LogP contribution in [0.3, 0.4) is 0 Å². The summed E-state index contributed by atoms with van der Waals surface area (Å²) in [6, 6.07) is 6.72. The number of carbonyl (C=O) groups is 1. The van der Waals surface area contributed by atoms with Crippen molar-refractivity contribution < 1.29 is 13.9 Å². The molecule has 4 nitrogen and oxygen atoms in total. The van der Waals surface area contributed by atoms with Crippen molar-refractivity contribution in [3.63, 3.8) is 0 Å². The van der Waals surface area contributed by atoms with Crippen LogP contribution in [-0.2, 0) is 16.1 Å². The molecule has 3 atom stereocenters. The number of benzene rings is 1. The molecule has 2 fully saturated rings. The van der Waals surface area contributed by atoms with Gasteiger partial charge in [-0.3, -0.25) is 9.69 Å². The summed E-state index contributed by atoms with van der Waals surface area (Å²) in [4.78, 5) is 14.3. The number of likely N-dealkylation sites (tertiary alicyclic amines) is 1. The normalized spacial score (nSPS) is 29.1. The lowest BCUT2D eigenvalue weighted by atomic mass is 9.82. The molecule has 3 rings (SSSR count). The summed E-state index contributed by atoms with van der Waals surface area (Å²) in [6.07, 6.45) is 0. The van der Waals surface area contributed by atoms with Crippen molar-refractivity contribution in [3.8, 4) is 0 Å². The number of fused-ring (bicyclic) bond motifs is 1. The maximum Gasteiger partial charge on any atom is 0.225 e. The summed E-state index contributed by atoms with van der Waals surface area (Å²) in [5.41, 5.74) is 0.978. The van der Waals surface area contributed by atoms with Gasteiger partial charge in [-0.2, -0.15) is 0 Å². The van der Waals surface area contributed by atoms with Crippen molar-refractivity contribution >= 4 is 5.91 Å². The van der Waals surface area contributed by atoms with Crippen molar-refractivity contribution in [2.24, 2.45) is 17.8 Å². The summed E-state index contributed by atoms with van der Waals surface area (Å²) >= 11 is 0. The second-order valence-electron chi connectivity index (χ2n) is 6.01.